The highest BCUT2D eigenvalue weighted by Crippen LogP contribution is 2.25. The van der Waals surface area contributed by atoms with Crippen LogP contribution in [0.4, 0.5) is 0 Å². The van der Waals surface area contributed by atoms with Crippen LogP contribution in [0.2, 0.25) is 0 Å². The SMILES string of the molecule is CC(C)(CN1CCC[C@H]1C(=O)NCC1CCCCC1)S(C)(=O)=O. The van der Waals surface area contributed by atoms with Crippen molar-refractivity contribution in [3.05, 3.63) is 0 Å². The van der Waals surface area contributed by atoms with Gasteiger partial charge in [0.25, 0.3) is 0 Å². The highest BCUT2D eigenvalue weighted by atomic mass is 32.2. The van der Waals surface area contributed by atoms with E-state index in [1.54, 1.807) is 13.8 Å². The van der Waals surface area contributed by atoms with E-state index in [4.69, 9.17) is 0 Å². The quantitative estimate of drug-likeness (QED) is 0.800. The van der Waals surface area contributed by atoms with Crippen LogP contribution in [0, 0.1) is 5.92 Å². The average Bonchev–Trinajstić information content (AvgIpc) is 2.92. The molecule has 1 aliphatic heterocycles. The Kier molecular flexibility index (Phi) is 6.11. The van der Waals surface area contributed by atoms with E-state index in [2.05, 4.69) is 10.2 Å². The Bertz CT molecular complexity index is 510. The molecule has 23 heavy (non-hydrogen) atoms. The summed E-state index contributed by atoms with van der Waals surface area (Å²) >= 11 is 0. The maximum atomic E-state index is 12.5. The smallest absolute Gasteiger partial charge is 0.237 e. The molecule has 134 valence electrons. The molecule has 0 bridgehead atoms. The Balaban J connectivity index is 1.88. The third kappa shape index (κ3) is 4.92. The maximum absolute atomic E-state index is 12.5. The number of hydrogen-bond acceptors (Lipinski definition) is 4. The van der Waals surface area contributed by atoms with Gasteiger partial charge in [-0.25, -0.2) is 8.42 Å². The van der Waals surface area contributed by atoms with E-state index < -0.39 is 14.6 Å². The second kappa shape index (κ2) is 7.51. The summed E-state index contributed by atoms with van der Waals surface area (Å²) in [6.45, 7) is 5.50. The van der Waals surface area contributed by atoms with Crippen LogP contribution in [0.15, 0.2) is 0 Å². The van der Waals surface area contributed by atoms with E-state index in [1.165, 1.54) is 38.4 Å². The summed E-state index contributed by atoms with van der Waals surface area (Å²) in [5.74, 6) is 0.701. The Labute approximate surface area is 141 Å². The second-order valence-corrected chi connectivity index (χ2v) is 10.6. The van der Waals surface area contributed by atoms with Crippen molar-refractivity contribution in [3.8, 4) is 0 Å². The van der Waals surface area contributed by atoms with Crippen LogP contribution < -0.4 is 5.32 Å². The number of nitrogens with one attached hydrogen (secondary N) is 1. The third-order valence-electron chi connectivity index (χ3n) is 5.54. The first-order valence-corrected chi connectivity index (χ1v) is 10.8. The largest absolute Gasteiger partial charge is 0.354 e. The molecule has 2 rings (SSSR count). The summed E-state index contributed by atoms with van der Waals surface area (Å²) < 4.78 is 23.0. The van der Waals surface area contributed by atoms with Gasteiger partial charge in [-0.05, 0) is 52.0 Å². The molecule has 0 unspecified atom stereocenters. The van der Waals surface area contributed by atoms with Crippen LogP contribution in [0.1, 0.15) is 58.8 Å². The first-order chi connectivity index (χ1) is 10.7. The molecule has 1 saturated carbocycles. The van der Waals surface area contributed by atoms with E-state index in [1.807, 2.05) is 0 Å². The number of carbonyl (C=O) groups is 1. The van der Waals surface area contributed by atoms with Crippen LogP contribution in [0.5, 0.6) is 0 Å². The highest BCUT2D eigenvalue weighted by Gasteiger charge is 2.38. The van der Waals surface area contributed by atoms with Gasteiger partial charge in [0.1, 0.15) is 0 Å². The number of sulfone groups is 1. The molecular formula is C17H32N2O3S. The lowest BCUT2D eigenvalue weighted by Gasteiger charge is -2.32. The molecule has 1 aliphatic carbocycles. The number of hydrogen-bond donors (Lipinski definition) is 1. The number of rotatable bonds is 6. The summed E-state index contributed by atoms with van der Waals surface area (Å²) in [4.78, 5) is 14.6. The normalized spacial score (nSPS) is 24.7. The van der Waals surface area contributed by atoms with Crippen LogP contribution in [0.25, 0.3) is 0 Å². The Morgan fingerprint density at radius 1 is 1.13 bits per heavy atom. The number of carbonyl (C=O) groups excluding carboxylic acids is 1. The zero-order valence-electron chi connectivity index (χ0n) is 14.8. The van der Waals surface area contributed by atoms with Gasteiger partial charge in [0.15, 0.2) is 9.84 Å². The highest BCUT2D eigenvalue weighted by molar-refractivity contribution is 7.92. The zero-order chi connectivity index (χ0) is 17.1. The lowest BCUT2D eigenvalue weighted by Crippen LogP contribution is -2.50. The molecule has 0 spiro atoms. The molecule has 1 heterocycles. The van der Waals surface area contributed by atoms with Crippen molar-refractivity contribution in [2.75, 3.05) is 25.9 Å². The zero-order valence-corrected chi connectivity index (χ0v) is 15.6. The van der Waals surface area contributed by atoms with E-state index in [0.717, 1.165) is 25.9 Å². The van der Waals surface area contributed by atoms with Crippen molar-refractivity contribution < 1.29 is 13.2 Å². The van der Waals surface area contributed by atoms with Crippen molar-refractivity contribution in [2.45, 2.75) is 69.6 Å². The molecular weight excluding hydrogens is 312 g/mol. The van der Waals surface area contributed by atoms with Gasteiger partial charge in [0.2, 0.25) is 5.91 Å². The molecule has 0 aromatic carbocycles. The lowest BCUT2D eigenvalue weighted by molar-refractivity contribution is -0.125. The predicted octanol–water partition coefficient (Wildman–Crippen LogP) is 1.97. The molecule has 2 fully saturated rings. The van der Waals surface area contributed by atoms with Crippen molar-refractivity contribution in [1.82, 2.24) is 10.2 Å². The topological polar surface area (TPSA) is 66.5 Å². The molecule has 0 radical (unpaired) electrons. The average molecular weight is 345 g/mol. The predicted molar refractivity (Wildman–Crippen MR) is 93.1 cm³/mol. The Morgan fingerprint density at radius 2 is 1.78 bits per heavy atom. The van der Waals surface area contributed by atoms with Crippen molar-refractivity contribution in [3.63, 3.8) is 0 Å². The van der Waals surface area contributed by atoms with Gasteiger partial charge >= 0.3 is 0 Å². The summed E-state index contributed by atoms with van der Waals surface area (Å²) in [5.41, 5.74) is 0. The molecule has 6 heteroatoms. The fourth-order valence-electron chi connectivity index (χ4n) is 3.67. The summed E-state index contributed by atoms with van der Waals surface area (Å²) in [5, 5.41) is 3.12. The molecule has 1 atom stereocenters. The first kappa shape index (κ1) is 18.7. The van der Waals surface area contributed by atoms with Gasteiger partial charge in [-0.3, -0.25) is 9.69 Å². The third-order valence-corrected chi connectivity index (χ3v) is 7.68. The molecule has 1 amide bonds. The van der Waals surface area contributed by atoms with Gasteiger partial charge in [-0.2, -0.15) is 0 Å². The molecule has 2 aliphatic rings. The van der Waals surface area contributed by atoms with Crippen molar-refractivity contribution >= 4 is 15.7 Å². The monoisotopic (exact) mass is 344 g/mol. The number of nitrogens with zero attached hydrogens (tertiary/aromatic N) is 1. The minimum absolute atomic E-state index is 0.0809. The Morgan fingerprint density at radius 3 is 2.39 bits per heavy atom. The van der Waals surface area contributed by atoms with Gasteiger partial charge < -0.3 is 5.32 Å². The van der Waals surface area contributed by atoms with Crippen molar-refractivity contribution in [1.29, 1.82) is 0 Å². The lowest BCUT2D eigenvalue weighted by atomic mass is 9.89. The van der Waals surface area contributed by atoms with E-state index in [0.29, 0.717) is 12.5 Å². The number of likely N-dealkylation sites (tertiary alicyclic amines) is 1. The van der Waals surface area contributed by atoms with Crippen LogP contribution in [-0.2, 0) is 14.6 Å². The van der Waals surface area contributed by atoms with Gasteiger partial charge in [0.05, 0.1) is 10.8 Å². The minimum atomic E-state index is -3.14. The van der Waals surface area contributed by atoms with Crippen LogP contribution >= 0.6 is 0 Å². The van der Waals surface area contributed by atoms with Gasteiger partial charge in [0, 0.05) is 19.3 Å². The molecule has 0 aromatic heterocycles. The van der Waals surface area contributed by atoms with E-state index >= 15 is 0 Å². The van der Waals surface area contributed by atoms with Crippen LogP contribution in [0.3, 0.4) is 0 Å². The number of amides is 1. The maximum Gasteiger partial charge on any atom is 0.237 e. The van der Waals surface area contributed by atoms with Crippen LogP contribution in [-0.4, -0.2) is 55.9 Å². The van der Waals surface area contributed by atoms with Gasteiger partial charge in [-0.1, -0.05) is 19.3 Å². The molecule has 5 nitrogen and oxygen atoms in total. The fourth-order valence-corrected chi connectivity index (χ4v) is 4.07. The summed E-state index contributed by atoms with van der Waals surface area (Å²) in [6, 6.07) is -0.167. The molecule has 0 aromatic rings. The molecule has 1 saturated heterocycles. The molecule has 1 N–H and O–H groups in total. The minimum Gasteiger partial charge on any atom is -0.354 e. The van der Waals surface area contributed by atoms with Gasteiger partial charge in [-0.15, -0.1) is 0 Å². The first-order valence-electron chi connectivity index (χ1n) is 8.92. The van der Waals surface area contributed by atoms with E-state index in [9.17, 15) is 13.2 Å². The second-order valence-electron chi connectivity index (χ2n) is 7.91. The summed E-state index contributed by atoms with van der Waals surface area (Å²) in [6.07, 6.45) is 9.38. The van der Waals surface area contributed by atoms with Crippen molar-refractivity contribution in [2.24, 2.45) is 5.92 Å². The summed E-state index contributed by atoms with van der Waals surface area (Å²) in [7, 11) is -3.14. The van der Waals surface area contributed by atoms with E-state index in [-0.39, 0.29) is 11.9 Å². The Hall–Kier alpha value is -0.620. The fraction of sp³-hybridized carbons (Fsp3) is 0.941. The standard InChI is InChI=1S/C17H32N2O3S/c1-17(2,23(3,21)22)13-19-11-7-10-15(19)16(20)18-12-14-8-5-4-6-9-14/h14-15H,4-13H2,1-3H3,(H,18,20)/t15-/m0/s1.